The number of hydrogen-bond donors (Lipinski definition) is 2. The van der Waals surface area contributed by atoms with Gasteiger partial charge in [0.05, 0.1) is 12.7 Å². The molecule has 0 bridgehead atoms. The fourth-order valence-electron chi connectivity index (χ4n) is 1.20. The van der Waals surface area contributed by atoms with E-state index in [1.165, 1.54) is 18.0 Å². The minimum atomic E-state index is -0.534. The van der Waals surface area contributed by atoms with E-state index in [1.54, 1.807) is 13.8 Å². The average molecular weight is 271 g/mol. The summed E-state index contributed by atoms with van der Waals surface area (Å²) in [4.78, 5) is 19.9. The van der Waals surface area contributed by atoms with Crippen LogP contribution in [0.4, 0.5) is 5.82 Å². The molecule has 1 aromatic heterocycles. The van der Waals surface area contributed by atoms with Crippen LogP contribution < -0.4 is 5.32 Å². The lowest BCUT2D eigenvalue weighted by molar-refractivity contribution is 0.0526. The Hall–Kier alpha value is -1.34. The van der Waals surface area contributed by atoms with Crippen molar-refractivity contribution < 1.29 is 14.6 Å². The number of aromatic nitrogens is 2. The van der Waals surface area contributed by atoms with E-state index in [2.05, 4.69) is 15.3 Å². The lowest BCUT2D eigenvalue weighted by atomic mass is 10.3. The van der Waals surface area contributed by atoms with E-state index in [9.17, 15) is 9.90 Å². The predicted octanol–water partition coefficient (Wildman–Crippen LogP) is 1.17. The van der Waals surface area contributed by atoms with Crippen LogP contribution in [0.5, 0.6) is 0 Å². The van der Waals surface area contributed by atoms with Gasteiger partial charge in [0.25, 0.3) is 0 Å². The molecule has 100 valence electrons. The summed E-state index contributed by atoms with van der Waals surface area (Å²) in [6, 6.07) is 0. The Labute approximate surface area is 110 Å². The normalized spacial score (nSPS) is 12.0. The maximum absolute atomic E-state index is 11.7. The number of esters is 1. The minimum Gasteiger partial charge on any atom is -0.462 e. The lowest BCUT2D eigenvalue weighted by Gasteiger charge is -2.12. The summed E-state index contributed by atoms with van der Waals surface area (Å²) < 4.78 is 4.92. The second kappa shape index (κ2) is 7.17. The first-order valence-corrected chi connectivity index (χ1v) is 6.81. The third-order valence-corrected chi connectivity index (χ3v) is 2.57. The highest BCUT2D eigenvalue weighted by molar-refractivity contribution is 7.98. The van der Waals surface area contributed by atoms with Crippen LogP contribution in [0.15, 0.2) is 11.4 Å². The van der Waals surface area contributed by atoms with Crippen LogP contribution in [-0.2, 0) is 4.74 Å². The maximum atomic E-state index is 11.7. The Morgan fingerprint density at radius 2 is 2.39 bits per heavy atom. The molecule has 18 heavy (non-hydrogen) atoms. The molecule has 0 fully saturated rings. The Kier molecular flexibility index (Phi) is 5.87. The van der Waals surface area contributed by atoms with Gasteiger partial charge in [-0.05, 0) is 20.1 Å². The molecule has 2 N–H and O–H groups in total. The van der Waals surface area contributed by atoms with Crippen LogP contribution in [0, 0.1) is 0 Å². The van der Waals surface area contributed by atoms with Crippen molar-refractivity contribution in [3.8, 4) is 0 Å². The molecule has 0 aliphatic carbocycles. The predicted molar refractivity (Wildman–Crippen MR) is 69.9 cm³/mol. The van der Waals surface area contributed by atoms with Gasteiger partial charge in [0.1, 0.15) is 11.4 Å². The van der Waals surface area contributed by atoms with Gasteiger partial charge < -0.3 is 15.2 Å². The second-order valence-corrected chi connectivity index (χ2v) is 4.34. The third kappa shape index (κ3) is 4.15. The first-order valence-electron chi connectivity index (χ1n) is 5.58. The standard InChI is InChI=1S/C11H17N3O3S/c1-4-17-10(16)8-6-13-11(18-3)14-9(8)12-5-7(2)15/h6-7,15H,4-5H2,1-3H3,(H,12,13,14)/t7-/m1/s1. The van der Waals surface area contributed by atoms with Gasteiger partial charge in [0.2, 0.25) is 0 Å². The van der Waals surface area contributed by atoms with Crippen LogP contribution in [0.2, 0.25) is 0 Å². The number of hydrogen-bond acceptors (Lipinski definition) is 7. The van der Waals surface area contributed by atoms with Gasteiger partial charge in [0.15, 0.2) is 5.16 Å². The quantitative estimate of drug-likeness (QED) is 0.456. The summed E-state index contributed by atoms with van der Waals surface area (Å²) in [6.45, 7) is 3.97. The summed E-state index contributed by atoms with van der Waals surface area (Å²) >= 11 is 1.37. The number of aliphatic hydroxyl groups excluding tert-OH is 1. The van der Waals surface area contributed by atoms with Crippen molar-refractivity contribution in [2.45, 2.75) is 25.1 Å². The Morgan fingerprint density at radius 1 is 1.67 bits per heavy atom. The molecule has 1 aromatic rings. The Morgan fingerprint density at radius 3 is 2.94 bits per heavy atom. The smallest absolute Gasteiger partial charge is 0.343 e. The molecule has 7 heteroatoms. The van der Waals surface area contributed by atoms with Crippen molar-refractivity contribution in [1.29, 1.82) is 0 Å². The van der Waals surface area contributed by atoms with Crippen molar-refractivity contribution >= 4 is 23.5 Å². The van der Waals surface area contributed by atoms with Crippen LogP contribution in [-0.4, -0.2) is 46.6 Å². The summed E-state index contributed by atoms with van der Waals surface area (Å²) in [5, 5.41) is 12.7. The molecule has 0 spiro atoms. The van der Waals surface area contributed by atoms with Crippen molar-refractivity contribution in [3.63, 3.8) is 0 Å². The summed E-state index contributed by atoms with van der Waals surface area (Å²) in [6.07, 6.45) is 2.74. The second-order valence-electron chi connectivity index (χ2n) is 3.57. The summed E-state index contributed by atoms with van der Waals surface area (Å²) in [5.74, 6) is -0.0908. The van der Waals surface area contributed by atoms with Gasteiger partial charge in [-0.2, -0.15) is 0 Å². The fraction of sp³-hybridized carbons (Fsp3) is 0.545. The van der Waals surface area contributed by atoms with Gasteiger partial charge in [-0.25, -0.2) is 14.8 Å². The van der Waals surface area contributed by atoms with E-state index in [0.29, 0.717) is 24.1 Å². The first kappa shape index (κ1) is 14.7. The molecule has 1 heterocycles. The third-order valence-electron chi connectivity index (χ3n) is 2.01. The molecular weight excluding hydrogens is 254 g/mol. The van der Waals surface area contributed by atoms with E-state index < -0.39 is 12.1 Å². The number of nitrogens with one attached hydrogen (secondary N) is 1. The molecule has 0 aliphatic rings. The Bertz CT molecular complexity index is 413. The van der Waals surface area contributed by atoms with E-state index in [0.717, 1.165) is 0 Å². The number of anilines is 1. The van der Waals surface area contributed by atoms with Crippen molar-refractivity contribution in [1.82, 2.24) is 9.97 Å². The molecule has 0 unspecified atom stereocenters. The van der Waals surface area contributed by atoms with Gasteiger partial charge in [-0.15, -0.1) is 0 Å². The summed E-state index contributed by atoms with van der Waals surface area (Å²) in [7, 11) is 0. The van der Waals surface area contributed by atoms with E-state index in [4.69, 9.17) is 4.74 Å². The van der Waals surface area contributed by atoms with Gasteiger partial charge in [-0.1, -0.05) is 11.8 Å². The zero-order valence-electron chi connectivity index (χ0n) is 10.6. The molecule has 0 radical (unpaired) electrons. The van der Waals surface area contributed by atoms with E-state index >= 15 is 0 Å². The molecule has 1 atom stereocenters. The Balaban J connectivity index is 2.96. The number of ether oxygens (including phenoxy) is 1. The minimum absolute atomic E-state index is 0.273. The van der Waals surface area contributed by atoms with Crippen molar-refractivity contribution in [3.05, 3.63) is 11.8 Å². The molecular formula is C11H17N3O3S. The molecule has 0 saturated heterocycles. The SMILES string of the molecule is CCOC(=O)c1cnc(SC)nc1NC[C@@H](C)O. The van der Waals surface area contributed by atoms with E-state index in [1.807, 2.05) is 6.26 Å². The van der Waals surface area contributed by atoms with Crippen LogP contribution in [0.1, 0.15) is 24.2 Å². The zero-order valence-corrected chi connectivity index (χ0v) is 11.5. The number of carbonyl (C=O) groups is 1. The highest BCUT2D eigenvalue weighted by Crippen LogP contribution is 2.17. The molecule has 1 rings (SSSR count). The largest absolute Gasteiger partial charge is 0.462 e. The van der Waals surface area contributed by atoms with Gasteiger partial charge in [0, 0.05) is 12.7 Å². The number of nitrogens with zero attached hydrogens (tertiary/aromatic N) is 2. The molecule has 0 amide bonds. The monoisotopic (exact) mass is 271 g/mol. The number of thioether (sulfide) groups is 1. The van der Waals surface area contributed by atoms with Crippen molar-refractivity contribution in [2.75, 3.05) is 24.7 Å². The number of carbonyl (C=O) groups excluding carboxylic acids is 1. The zero-order chi connectivity index (χ0) is 13.5. The maximum Gasteiger partial charge on any atom is 0.343 e. The van der Waals surface area contributed by atoms with Gasteiger partial charge >= 0.3 is 5.97 Å². The van der Waals surface area contributed by atoms with Crippen molar-refractivity contribution in [2.24, 2.45) is 0 Å². The van der Waals surface area contributed by atoms with Crippen LogP contribution in [0.3, 0.4) is 0 Å². The topological polar surface area (TPSA) is 84.3 Å². The van der Waals surface area contributed by atoms with Gasteiger partial charge in [-0.3, -0.25) is 0 Å². The molecule has 6 nitrogen and oxygen atoms in total. The van der Waals surface area contributed by atoms with E-state index in [-0.39, 0.29) is 5.56 Å². The number of aliphatic hydroxyl groups is 1. The highest BCUT2D eigenvalue weighted by Gasteiger charge is 2.15. The average Bonchev–Trinajstić information content (AvgIpc) is 2.36. The highest BCUT2D eigenvalue weighted by atomic mass is 32.2. The summed E-state index contributed by atoms with van der Waals surface area (Å²) in [5.41, 5.74) is 0.273. The fourth-order valence-corrected chi connectivity index (χ4v) is 1.54. The molecule has 0 aromatic carbocycles. The molecule has 0 aliphatic heterocycles. The molecule has 0 saturated carbocycles. The lowest BCUT2D eigenvalue weighted by Crippen LogP contribution is -2.19. The number of rotatable bonds is 6. The van der Waals surface area contributed by atoms with Crippen LogP contribution >= 0.6 is 11.8 Å². The van der Waals surface area contributed by atoms with Crippen LogP contribution in [0.25, 0.3) is 0 Å². The first-order chi connectivity index (χ1) is 8.58.